The smallest absolute Gasteiger partial charge is 0.274 e. The molecule has 0 fully saturated rings. The second-order valence-corrected chi connectivity index (χ2v) is 39.0. The summed E-state index contributed by atoms with van der Waals surface area (Å²) >= 11 is 6.28. The number of aryl methyl sites for hydroxylation is 4. The monoisotopic (exact) mass is 2060 g/mol. The lowest BCUT2D eigenvalue weighted by Crippen LogP contribution is -2.46. The molecule has 32 heteroatoms. The Kier molecular flexibility index (Phi) is 40.5. The van der Waals surface area contributed by atoms with E-state index in [0.29, 0.717) is 168 Å². The number of carbonyl (C=O) groups excluding carboxylic acids is 9. The molecule has 3 aliphatic heterocycles. The van der Waals surface area contributed by atoms with Crippen LogP contribution in [0.4, 0.5) is 21.5 Å². The molecule has 9 amide bonds. The summed E-state index contributed by atoms with van der Waals surface area (Å²) in [6.07, 6.45) is 12.9. The number of methoxy groups -OCH3 is 3. The molecule has 0 bridgehead atoms. The van der Waals surface area contributed by atoms with E-state index in [1.54, 1.807) is 133 Å². The highest BCUT2D eigenvalue weighted by atomic mass is 35.5. The minimum Gasteiger partial charge on any atom is -0.496 e. The van der Waals surface area contributed by atoms with Gasteiger partial charge < -0.3 is 74.9 Å². The topological polar surface area (TPSA) is 351 Å². The Morgan fingerprint density at radius 3 is 0.913 bits per heavy atom. The molecule has 792 valence electrons. The van der Waals surface area contributed by atoms with Gasteiger partial charge in [-0.15, -0.1) is 0 Å². The van der Waals surface area contributed by atoms with Crippen molar-refractivity contribution in [2.75, 3.05) is 96.4 Å². The predicted molar refractivity (Wildman–Crippen MR) is 580 cm³/mol. The van der Waals surface area contributed by atoms with Crippen LogP contribution in [0.25, 0.3) is 17.1 Å². The van der Waals surface area contributed by atoms with E-state index in [0.717, 1.165) is 127 Å². The highest BCUT2D eigenvalue weighted by Crippen LogP contribution is 2.37. The molecule has 3 aliphatic rings. The van der Waals surface area contributed by atoms with Gasteiger partial charge in [0.05, 0.1) is 117 Å². The van der Waals surface area contributed by atoms with Crippen LogP contribution in [0.1, 0.15) is 254 Å². The third-order valence-corrected chi connectivity index (χ3v) is 27.8. The highest BCUT2D eigenvalue weighted by Gasteiger charge is 2.38. The van der Waals surface area contributed by atoms with Crippen LogP contribution in [0, 0.1) is 33.5 Å². The van der Waals surface area contributed by atoms with Crippen LogP contribution in [0.3, 0.4) is 0 Å². The molecular weight excluding hydrogens is 1920 g/mol. The Morgan fingerprint density at radius 2 is 0.640 bits per heavy atom. The second kappa shape index (κ2) is 54.0. The average Bonchev–Trinajstić information content (AvgIpc) is 1.31. The van der Waals surface area contributed by atoms with Gasteiger partial charge in [-0.25, -0.2) is 18.4 Å². The van der Waals surface area contributed by atoms with Crippen molar-refractivity contribution in [2.45, 2.75) is 223 Å². The zero-order valence-corrected chi connectivity index (χ0v) is 89.1. The molecule has 3 aromatic heterocycles. The number of nitrogens with one attached hydrogen (secondary N) is 3. The number of aliphatic hydroxyl groups is 3. The Balaban J connectivity index is 0.000000187. The van der Waals surface area contributed by atoms with Gasteiger partial charge in [0.2, 0.25) is 17.7 Å². The minimum atomic E-state index is -0.567. The van der Waals surface area contributed by atoms with E-state index in [1.165, 1.54) is 26.4 Å². The number of aromatic nitrogens is 6. The Bertz CT molecular complexity index is 6120. The van der Waals surface area contributed by atoms with Gasteiger partial charge in [0, 0.05) is 93.0 Å². The largest absolute Gasteiger partial charge is 0.496 e. The van der Waals surface area contributed by atoms with Gasteiger partial charge in [-0.2, -0.15) is 15.3 Å². The molecule has 0 unspecified atom stereocenters. The van der Waals surface area contributed by atoms with Crippen molar-refractivity contribution in [2.24, 2.45) is 0 Å². The maximum Gasteiger partial charge on any atom is 0.274 e. The highest BCUT2D eigenvalue weighted by molar-refractivity contribution is 6.32. The molecule has 15 rings (SSSR count). The number of carbonyl (C=O) groups is 9. The molecule has 150 heavy (non-hydrogen) atoms. The molecule has 0 spiro atoms. The van der Waals surface area contributed by atoms with Gasteiger partial charge in [0.1, 0.15) is 11.5 Å². The van der Waals surface area contributed by atoms with E-state index in [9.17, 15) is 62.9 Å². The summed E-state index contributed by atoms with van der Waals surface area (Å²) in [4.78, 5) is 135. The molecular formula is C118H141ClFN15O15. The van der Waals surface area contributed by atoms with Crippen molar-refractivity contribution in [3.05, 3.63) is 318 Å². The summed E-state index contributed by atoms with van der Waals surface area (Å²) in [5, 5.41) is 54.5. The summed E-state index contributed by atoms with van der Waals surface area (Å²) in [6.45, 7) is 24.3. The van der Waals surface area contributed by atoms with Gasteiger partial charge in [-0.3, -0.25) is 43.2 Å². The minimum absolute atomic E-state index is 0.0561. The second-order valence-electron chi connectivity index (χ2n) is 38.6. The zero-order chi connectivity index (χ0) is 107. The Labute approximate surface area is 883 Å². The fourth-order valence-corrected chi connectivity index (χ4v) is 19.5. The van der Waals surface area contributed by atoms with Crippen molar-refractivity contribution in [3.8, 4) is 34.3 Å². The predicted octanol–water partition coefficient (Wildman–Crippen LogP) is 19.0. The van der Waals surface area contributed by atoms with E-state index in [1.807, 2.05) is 133 Å². The van der Waals surface area contributed by atoms with Crippen molar-refractivity contribution < 1.29 is 77.1 Å². The van der Waals surface area contributed by atoms with Crippen LogP contribution < -0.4 is 30.2 Å². The molecule has 12 aromatic rings. The van der Waals surface area contributed by atoms with Crippen LogP contribution in [-0.4, -0.2) is 226 Å². The summed E-state index contributed by atoms with van der Waals surface area (Å²) in [5.41, 5.74) is 15.7. The van der Waals surface area contributed by atoms with Gasteiger partial charge in [-0.1, -0.05) is 189 Å². The molecule has 30 nitrogen and oxygen atoms in total. The fraction of sp³-hybridized carbons (Fsp3) is 0.390. The molecule has 9 aromatic carbocycles. The summed E-state index contributed by atoms with van der Waals surface area (Å²) < 4.78 is 34.7. The number of benzene rings is 9. The number of rotatable bonds is 42. The van der Waals surface area contributed by atoms with Gasteiger partial charge in [-0.05, 0) is 244 Å². The number of halogens is 2. The Morgan fingerprint density at radius 1 is 0.360 bits per heavy atom. The molecule has 3 atom stereocenters. The number of aliphatic hydroxyl groups excluding tert-OH is 3. The third-order valence-electron chi connectivity index (χ3n) is 27.6. The number of nitrogens with zero attached hydrogens (tertiary/aromatic N) is 12. The number of ether oxygens (including phenoxy) is 3. The van der Waals surface area contributed by atoms with Crippen molar-refractivity contribution in [1.82, 2.24) is 58.7 Å². The standard InChI is InChI=1S/C40H49N5O5.C39H46ClN5O5.C39H46FN5O5/c1-6-8-18-43(19-9-7-2)40(49)35-21-28(4)45(42-35)36-16-15-32(41-38(47)22-29-14-17-37(50-5)27(3)20-29)24-34(36)39(48)44-25-31-13-11-10-12-30(31)23-33(44)26-46;2*1-5-7-17-43(18-8-6-2)39(49)34-19-26(3)45(42-34)35-15-14-30(41-37(47)21-27-13-16-36(50-4)33(40)20-27)23-32(35)38(48)44-24-29-12-10-9-11-28(29)22-31(44)25-46/h10-17,20-21,24,33,46H,6-9,18-19,22-23,25-26H2,1-5H3,(H,41,47);2*9-16,19-20,23,31,46H,5-8,17-18,21-22,24-25H2,1-4H3,(H,41,47)/t33-;2*31-/m000/s1. The van der Waals surface area contributed by atoms with Gasteiger partial charge >= 0.3 is 0 Å². The molecule has 6 heterocycles. The molecule has 0 radical (unpaired) electrons. The lowest BCUT2D eigenvalue weighted by atomic mass is 9.93. The van der Waals surface area contributed by atoms with E-state index >= 15 is 0 Å². The number of unbranched alkanes of at least 4 members (excludes halogenated alkanes) is 6. The first-order chi connectivity index (χ1) is 72.5. The van der Waals surface area contributed by atoms with E-state index in [-0.39, 0.29) is 109 Å². The third kappa shape index (κ3) is 28.1. The van der Waals surface area contributed by atoms with E-state index in [4.69, 9.17) is 41.1 Å². The van der Waals surface area contributed by atoms with Crippen molar-refractivity contribution in [1.29, 1.82) is 0 Å². The number of hydrogen-bond acceptors (Lipinski definition) is 18. The maximum atomic E-state index is 14.6. The summed E-state index contributed by atoms with van der Waals surface area (Å²) in [5.74, 6) is -1.54. The molecule has 0 saturated carbocycles. The van der Waals surface area contributed by atoms with E-state index < -0.39 is 29.8 Å². The lowest BCUT2D eigenvalue weighted by Gasteiger charge is -2.36. The van der Waals surface area contributed by atoms with Crippen LogP contribution in [0.2, 0.25) is 5.02 Å². The first-order valence-corrected chi connectivity index (χ1v) is 52.5. The van der Waals surface area contributed by atoms with Crippen molar-refractivity contribution in [3.63, 3.8) is 0 Å². The number of amides is 9. The average molecular weight is 2060 g/mol. The van der Waals surface area contributed by atoms with Crippen molar-refractivity contribution >= 4 is 81.8 Å². The summed E-state index contributed by atoms with van der Waals surface area (Å²) in [7, 11) is 4.51. The summed E-state index contributed by atoms with van der Waals surface area (Å²) in [6, 6.07) is 58.0. The number of fused-ring (bicyclic) bond motifs is 3. The number of anilines is 3. The molecule has 6 N–H and O–H groups in total. The quantitative estimate of drug-likeness (QED) is 0.0207. The Hall–Kier alpha value is -14.7. The van der Waals surface area contributed by atoms with Crippen LogP contribution in [0.15, 0.2) is 200 Å². The number of hydrogen-bond donors (Lipinski definition) is 6. The molecule has 0 aliphatic carbocycles. The van der Waals surface area contributed by atoms with Crippen LogP contribution in [-0.2, 0) is 72.5 Å². The van der Waals surface area contributed by atoms with Crippen LogP contribution >= 0.6 is 11.6 Å². The van der Waals surface area contributed by atoms with Gasteiger partial charge in [0.25, 0.3) is 35.4 Å². The zero-order valence-electron chi connectivity index (χ0n) is 88.4. The SMILES string of the molecule is CCCCN(CCCC)C(=O)c1cc(C)n(-c2ccc(NC(=O)Cc3ccc(OC)c(C)c3)cc2C(=O)N2Cc3ccccc3C[C@H]2CO)n1.CCCCN(CCCC)C(=O)c1cc(C)n(-c2ccc(NC(=O)Cc3ccc(OC)c(Cl)c3)cc2C(=O)N2Cc3ccccc3C[C@H]2CO)n1.CCCCN(CCCC)C(=O)c1cc(C)n(-c2ccc(NC(=O)Cc3ccc(OC)c(F)c3)cc2C(=O)N2Cc3ccccc3C[C@H]2CO)n1. The maximum absolute atomic E-state index is 14.6. The normalized spacial score (nSPS) is 13.9. The fourth-order valence-electron chi connectivity index (χ4n) is 19.2. The van der Waals surface area contributed by atoms with Gasteiger partial charge in [0.15, 0.2) is 28.6 Å². The lowest BCUT2D eigenvalue weighted by molar-refractivity contribution is -0.116. The molecule has 0 saturated heterocycles. The van der Waals surface area contributed by atoms with E-state index in [2.05, 4.69) is 57.5 Å². The van der Waals surface area contributed by atoms with Crippen LogP contribution in [0.5, 0.6) is 17.2 Å². The first-order valence-electron chi connectivity index (χ1n) is 52.2. The first kappa shape index (κ1) is 113.